The van der Waals surface area contributed by atoms with Gasteiger partial charge in [-0.05, 0) is 123 Å². The second kappa shape index (κ2) is 23.8. The number of aliphatic hydroxyl groups is 1. The molecule has 4 saturated carbocycles. The molecule has 6 fully saturated rings. The molecule has 3 aliphatic heterocycles. The summed E-state index contributed by atoms with van der Waals surface area (Å²) in [6, 6.07) is 4.47. The molecule has 3 aromatic rings. The van der Waals surface area contributed by atoms with Crippen LogP contribution in [0.1, 0.15) is 198 Å². The largest absolute Gasteiger partial charge is 0.381 e. The van der Waals surface area contributed by atoms with Crippen LogP contribution < -0.4 is 26.6 Å². The van der Waals surface area contributed by atoms with Crippen LogP contribution in [0.3, 0.4) is 0 Å². The topological polar surface area (TPSA) is 266 Å². The number of imide groups is 2. The zero-order chi connectivity index (χ0) is 56.6. The minimum absolute atomic E-state index is 0.0320. The Kier molecular flexibility index (Phi) is 16.9. The Balaban J connectivity index is 0.801. The van der Waals surface area contributed by atoms with E-state index in [-0.39, 0.29) is 60.1 Å². The second-order valence-corrected chi connectivity index (χ2v) is 25.1. The SMILES string of the molecule is CCC[C@@H](NC(=O)[C@@H]1[C@H]2CCC[C@H]2CN1C(=O)[C@@H](NC(=O)[C@@H](NC(=O)c1cnc(C2CCCC(Cc3ccc4cccc5c4c3C(=O)N(C3CCC(=O)NC3=O)C5=O)CC2)cn1)C1CCCCC1)C(C)(C)C)C(O)C(=O)NC1CC1. The van der Waals surface area contributed by atoms with E-state index in [1.54, 1.807) is 23.2 Å². The number of carbonyl (C=O) groups excluding carboxylic acids is 9. The van der Waals surface area contributed by atoms with Crippen LogP contribution >= 0.6 is 0 Å². The molecule has 6 N–H and O–H groups in total. The monoisotopic (exact) mass is 1100 g/mol. The van der Waals surface area contributed by atoms with Gasteiger partial charge in [-0.3, -0.25) is 58.4 Å². The van der Waals surface area contributed by atoms with Gasteiger partial charge in [0.1, 0.15) is 29.9 Å². The molecule has 0 bridgehead atoms. The van der Waals surface area contributed by atoms with Crippen LogP contribution in [-0.2, 0) is 35.2 Å². The highest BCUT2D eigenvalue weighted by molar-refractivity contribution is 6.27. The smallest absolute Gasteiger partial charge is 0.272 e. The van der Waals surface area contributed by atoms with E-state index < -0.39 is 89.0 Å². The van der Waals surface area contributed by atoms with Crippen molar-refractivity contribution in [2.45, 2.75) is 204 Å². The van der Waals surface area contributed by atoms with Crippen molar-refractivity contribution in [1.29, 1.82) is 0 Å². The van der Waals surface area contributed by atoms with E-state index in [2.05, 4.69) is 31.6 Å². The first-order valence-corrected chi connectivity index (χ1v) is 29.7. The molecule has 10 rings (SSSR count). The molecule has 1 aromatic heterocycles. The molecule has 19 nitrogen and oxygen atoms in total. The van der Waals surface area contributed by atoms with E-state index in [9.17, 15) is 43.5 Å². The maximum atomic E-state index is 15.0. The van der Waals surface area contributed by atoms with E-state index in [1.165, 1.54) is 6.20 Å². The summed E-state index contributed by atoms with van der Waals surface area (Å²) in [6.45, 7) is 7.88. The third-order valence-corrected chi connectivity index (χ3v) is 18.5. The molecule has 2 aromatic carbocycles. The van der Waals surface area contributed by atoms with Crippen molar-refractivity contribution in [3.8, 4) is 0 Å². The third-order valence-electron chi connectivity index (χ3n) is 18.5. The van der Waals surface area contributed by atoms with Crippen LogP contribution in [0.25, 0.3) is 10.8 Å². The quantitative estimate of drug-likeness (QED) is 0.0703. The predicted molar refractivity (Wildman–Crippen MR) is 295 cm³/mol. The maximum absolute atomic E-state index is 15.0. The van der Waals surface area contributed by atoms with E-state index in [1.807, 2.05) is 45.9 Å². The lowest BCUT2D eigenvalue weighted by Gasteiger charge is -2.38. The van der Waals surface area contributed by atoms with Crippen molar-refractivity contribution in [2.75, 3.05) is 6.54 Å². The van der Waals surface area contributed by atoms with Crippen LogP contribution in [0.2, 0.25) is 0 Å². The fourth-order valence-corrected chi connectivity index (χ4v) is 14.0. The Morgan fingerprint density at radius 2 is 1.56 bits per heavy atom. The Morgan fingerprint density at radius 3 is 2.27 bits per heavy atom. The summed E-state index contributed by atoms with van der Waals surface area (Å²) in [5.74, 6) is -4.44. The summed E-state index contributed by atoms with van der Waals surface area (Å²) in [7, 11) is 0. The van der Waals surface area contributed by atoms with Gasteiger partial charge in [0.25, 0.3) is 23.6 Å². The molecule has 0 radical (unpaired) electrons. The van der Waals surface area contributed by atoms with Gasteiger partial charge in [-0.15, -0.1) is 0 Å². The fraction of sp³-hybridized carbons (Fsp3) is 0.623. The minimum Gasteiger partial charge on any atom is -0.381 e. The molecule has 9 amide bonds. The Morgan fingerprint density at radius 1 is 0.787 bits per heavy atom. The fourth-order valence-electron chi connectivity index (χ4n) is 14.0. The number of carbonyl (C=O) groups is 9. The standard InChI is InChI=1S/C61H79N9O10/c1-5-12-42(51(72)57(77)64-39-25-26-39)65-56(76)50-40-19-11-18-38(40)32-69(50)60(80)52(61(2,3)4)68-55(75)49(36-14-7-6-8-15-36)67-53(73)44-31-62-43(30-63-44)34-16-9-13-33(21-22-34)29-37-24-23-35-17-10-20-41-47(35)48(37)59(79)70(58(41)78)45-27-28-46(71)66-54(45)74/h10,17,20,23-24,30-31,33-34,36,38-40,42,45,49-52,72H,5-9,11-16,18-19,21-22,25-29,32H2,1-4H3,(H,64,77)(H,65,76)(H,67,73)(H,68,75)(H,66,71,74)/t33?,34?,38-,40-,42+,45?,49-,50-,51?,52+/m0/s1. The number of hydrogen-bond donors (Lipinski definition) is 6. The number of aromatic nitrogens is 2. The molecule has 4 heterocycles. The lowest BCUT2D eigenvalue weighted by molar-refractivity contribution is -0.146. The number of amides is 9. The predicted octanol–water partition coefficient (Wildman–Crippen LogP) is 5.70. The van der Waals surface area contributed by atoms with Crippen LogP contribution in [0.4, 0.5) is 0 Å². The van der Waals surface area contributed by atoms with Gasteiger partial charge in [-0.1, -0.05) is 96.9 Å². The van der Waals surface area contributed by atoms with Gasteiger partial charge in [0, 0.05) is 42.1 Å². The zero-order valence-corrected chi connectivity index (χ0v) is 46.7. The van der Waals surface area contributed by atoms with Gasteiger partial charge < -0.3 is 31.3 Å². The molecule has 0 spiro atoms. The van der Waals surface area contributed by atoms with E-state index in [0.29, 0.717) is 55.2 Å². The number of aliphatic hydroxyl groups excluding tert-OH is 1. The van der Waals surface area contributed by atoms with Gasteiger partial charge in [0.15, 0.2) is 6.10 Å². The van der Waals surface area contributed by atoms with Crippen LogP contribution in [0, 0.1) is 29.1 Å². The summed E-state index contributed by atoms with van der Waals surface area (Å²) in [4.78, 5) is 137. The minimum atomic E-state index is -1.44. The second-order valence-electron chi connectivity index (χ2n) is 25.1. The van der Waals surface area contributed by atoms with Crippen molar-refractivity contribution in [3.63, 3.8) is 0 Å². The number of fused-ring (bicyclic) bond motifs is 1. The maximum Gasteiger partial charge on any atom is 0.272 e. The number of nitrogens with one attached hydrogen (secondary N) is 5. The molecule has 4 aliphatic carbocycles. The van der Waals surface area contributed by atoms with Crippen molar-refractivity contribution in [3.05, 3.63) is 70.8 Å². The highest BCUT2D eigenvalue weighted by Gasteiger charge is 2.53. The summed E-state index contributed by atoms with van der Waals surface area (Å²) in [5, 5.41) is 26.7. The zero-order valence-electron chi connectivity index (χ0n) is 46.7. The molecule has 7 aliphatic rings. The van der Waals surface area contributed by atoms with Crippen molar-refractivity contribution in [2.24, 2.45) is 29.1 Å². The average molecular weight is 1100 g/mol. The number of likely N-dealkylation sites (tertiary alicyclic amines) is 1. The summed E-state index contributed by atoms with van der Waals surface area (Å²) in [6.07, 6.45) is 16.0. The van der Waals surface area contributed by atoms with Gasteiger partial charge in [-0.2, -0.15) is 0 Å². The average Bonchev–Trinajstić information content (AvgIpc) is 4.11. The van der Waals surface area contributed by atoms with Crippen molar-refractivity contribution >= 4 is 63.9 Å². The van der Waals surface area contributed by atoms with Gasteiger partial charge in [0.05, 0.1) is 23.5 Å². The first-order valence-electron chi connectivity index (χ1n) is 29.7. The molecule has 10 atom stereocenters. The first kappa shape index (κ1) is 56.6. The highest BCUT2D eigenvalue weighted by Crippen LogP contribution is 2.44. The van der Waals surface area contributed by atoms with Crippen molar-refractivity contribution < 1.29 is 48.3 Å². The summed E-state index contributed by atoms with van der Waals surface area (Å²) in [5.41, 5.74) is 1.62. The number of benzene rings is 2. The number of rotatable bonds is 17. The van der Waals surface area contributed by atoms with Crippen LogP contribution in [0.5, 0.6) is 0 Å². The summed E-state index contributed by atoms with van der Waals surface area (Å²) >= 11 is 0. The van der Waals surface area contributed by atoms with E-state index >= 15 is 4.79 Å². The molecular formula is C61H79N9O10. The Hall–Kier alpha value is -6.63. The number of hydrogen-bond acceptors (Lipinski definition) is 12. The first-order chi connectivity index (χ1) is 38.4. The molecule has 428 valence electrons. The van der Waals surface area contributed by atoms with Gasteiger partial charge in [-0.25, -0.2) is 4.98 Å². The molecule has 80 heavy (non-hydrogen) atoms. The van der Waals surface area contributed by atoms with Gasteiger partial charge in [0.2, 0.25) is 29.5 Å². The Bertz CT molecular complexity index is 2910. The normalized spacial score (nSPS) is 25.9. The third kappa shape index (κ3) is 11.9. The number of piperidine rings is 1. The van der Waals surface area contributed by atoms with Crippen LogP contribution in [0.15, 0.2) is 42.7 Å². The van der Waals surface area contributed by atoms with E-state index in [4.69, 9.17) is 4.98 Å². The molecule has 2 saturated heterocycles. The summed E-state index contributed by atoms with van der Waals surface area (Å²) < 4.78 is 0. The van der Waals surface area contributed by atoms with Crippen molar-refractivity contribution in [1.82, 2.24) is 46.4 Å². The molecular weight excluding hydrogens is 1020 g/mol. The van der Waals surface area contributed by atoms with E-state index in [0.717, 1.165) is 105 Å². The molecule has 19 heteroatoms. The lowest BCUT2D eigenvalue weighted by Crippen LogP contribution is -2.62. The Labute approximate surface area is 467 Å². The van der Waals surface area contributed by atoms with Gasteiger partial charge >= 0.3 is 0 Å². The molecule has 4 unspecified atom stereocenters. The highest BCUT2D eigenvalue weighted by atomic mass is 16.3. The van der Waals surface area contributed by atoms with Crippen LogP contribution in [-0.4, -0.2) is 127 Å². The number of nitrogens with zero attached hydrogens (tertiary/aromatic N) is 4. The lowest BCUT2D eigenvalue weighted by atomic mass is 9.82.